The second-order valence-electron chi connectivity index (χ2n) is 3.18. The van der Waals surface area contributed by atoms with Crippen LogP contribution >= 0.6 is 8.18 Å². The van der Waals surface area contributed by atoms with Crippen molar-refractivity contribution in [3.05, 3.63) is 30.1 Å². The van der Waals surface area contributed by atoms with Gasteiger partial charge in [-0.25, -0.2) is 8.91 Å². The van der Waals surface area contributed by atoms with Crippen molar-refractivity contribution >= 4 is 14.1 Å². The van der Waals surface area contributed by atoms with Gasteiger partial charge in [-0.15, -0.1) is 0 Å². The van der Waals surface area contributed by atoms with Gasteiger partial charge in [0, 0.05) is 4.57 Å². The van der Waals surface area contributed by atoms with Gasteiger partial charge in [0.05, 0.1) is 7.11 Å². The van der Waals surface area contributed by atoms with E-state index in [1.807, 2.05) is 0 Å². The highest BCUT2D eigenvalue weighted by atomic mass is 31.1. The van der Waals surface area contributed by atoms with E-state index >= 15 is 0 Å². The molecule has 17 heavy (non-hydrogen) atoms. The zero-order chi connectivity index (χ0) is 12.8. The molecule has 0 saturated carbocycles. The third kappa shape index (κ3) is 4.46. The van der Waals surface area contributed by atoms with Crippen molar-refractivity contribution in [1.82, 2.24) is 5.09 Å². The van der Waals surface area contributed by atoms with Gasteiger partial charge in [0.1, 0.15) is 11.9 Å². The van der Waals surface area contributed by atoms with E-state index in [-0.39, 0.29) is 5.75 Å². The summed E-state index contributed by atoms with van der Waals surface area (Å²) in [6, 6.07) is 4.30. The van der Waals surface area contributed by atoms with E-state index < -0.39 is 26.0 Å². The molecule has 0 fully saturated rings. The van der Waals surface area contributed by atoms with E-state index in [2.05, 4.69) is 9.82 Å². The van der Waals surface area contributed by atoms with Crippen molar-refractivity contribution in [3.8, 4) is 5.75 Å². The number of carbonyl (C=O) groups excluding carboxylic acids is 1. The molecule has 1 aromatic carbocycles. The molecule has 0 spiro atoms. The van der Waals surface area contributed by atoms with Gasteiger partial charge in [-0.1, -0.05) is 5.09 Å². The molecule has 7 heteroatoms. The Kier molecular flexibility index (Phi) is 5.00. The molecule has 0 aliphatic carbocycles. The highest BCUT2D eigenvalue weighted by molar-refractivity contribution is 7.37. The lowest BCUT2D eigenvalue weighted by Gasteiger charge is -2.02. The van der Waals surface area contributed by atoms with Crippen molar-refractivity contribution in [2.24, 2.45) is 0 Å². The summed E-state index contributed by atoms with van der Waals surface area (Å²) in [5.74, 6) is -0.711. The first kappa shape index (κ1) is 13.5. The Morgan fingerprint density at radius 3 is 2.53 bits per heavy atom. The van der Waals surface area contributed by atoms with Gasteiger partial charge < -0.3 is 4.74 Å². The van der Waals surface area contributed by atoms with Gasteiger partial charge >= 0.3 is 14.1 Å². The normalized spacial score (nSPS) is 12.8. The molecule has 5 nitrogen and oxygen atoms in total. The molecule has 0 aliphatic heterocycles. The maximum atomic E-state index is 12.6. The predicted octanol–water partition coefficient (Wildman–Crippen LogP) is 2.01. The number of hydrogen-bond acceptors (Lipinski definition) is 4. The fourth-order valence-electron chi connectivity index (χ4n) is 1.01. The summed E-state index contributed by atoms with van der Waals surface area (Å²) < 4.78 is 33.4. The molecule has 92 valence electrons. The van der Waals surface area contributed by atoms with Crippen LogP contribution in [-0.2, 0) is 14.1 Å². The van der Waals surface area contributed by atoms with Crippen LogP contribution in [0.25, 0.3) is 0 Å². The molecule has 0 amide bonds. The lowest BCUT2D eigenvalue weighted by molar-refractivity contribution is -0.142. The van der Waals surface area contributed by atoms with Gasteiger partial charge in [0.15, 0.2) is 5.75 Å². The third-order valence-electron chi connectivity index (χ3n) is 1.86. The molecule has 1 rings (SSSR count). The fraction of sp³-hybridized carbons (Fsp3) is 0.300. The van der Waals surface area contributed by atoms with Crippen LogP contribution in [0.1, 0.15) is 6.92 Å². The maximum Gasteiger partial charge on any atom is 0.664 e. The summed E-state index contributed by atoms with van der Waals surface area (Å²) in [6.45, 7) is 1.49. The van der Waals surface area contributed by atoms with Crippen molar-refractivity contribution < 1.29 is 23.0 Å². The molecule has 0 bridgehead atoms. The van der Waals surface area contributed by atoms with Crippen molar-refractivity contribution in [2.45, 2.75) is 13.0 Å². The molecule has 1 N–H and O–H groups in total. The largest absolute Gasteiger partial charge is 0.664 e. The molecule has 0 aliphatic rings. The molecule has 0 radical (unpaired) electrons. The van der Waals surface area contributed by atoms with Crippen LogP contribution in [0.3, 0.4) is 0 Å². The van der Waals surface area contributed by atoms with Gasteiger partial charge in [-0.05, 0) is 31.2 Å². The number of nitrogens with one attached hydrogen (secondary N) is 1. The van der Waals surface area contributed by atoms with Crippen LogP contribution in [-0.4, -0.2) is 19.1 Å². The number of esters is 1. The summed E-state index contributed by atoms with van der Waals surface area (Å²) in [7, 11) is -1.04. The second kappa shape index (κ2) is 6.27. The highest BCUT2D eigenvalue weighted by Crippen LogP contribution is 2.23. The Bertz CT molecular complexity index is 409. The third-order valence-corrected chi connectivity index (χ3v) is 2.83. The fourth-order valence-corrected chi connectivity index (χ4v) is 1.79. The van der Waals surface area contributed by atoms with Crippen LogP contribution in [0.4, 0.5) is 4.39 Å². The van der Waals surface area contributed by atoms with Crippen LogP contribution in [0.15, 0.2) is 24.3 Å². The van der Waals surface area contributed by atoms with E-state index in [1.165, 1.54) is 38.3 Å². The average molecular weight is 260 g/mol. The Balaban J connectivity index is 2.50. The number of halogens is 1. The number of hydrogen-bond donors (Lipinski definition) is 1. The Labute approximate surface area is 98.8 Å². The van der Waals surface area contributed by atoms with Gasteiger partial charge in [0.2, 0.25) is 0 Å². The zero-order valence-corrected chi connectivity index (χ0v) is 10.2. The van der Waals surface area contributed by atoms with E-state index in [1.54, 1.807) is 0 Å². The highest BCUT2D eigenvalue weighted by Gasteiger charge is 2.27. The SMILES string of the molecule is COC(=O)[C@H](C)N[P+](=O)Oc1ccc(F)cc1. The van der Waals surface area contributed by atoms with Gasteiger partial charge in [-0.3, -0.25) is 4.79 Å². The number of ether oxygens (including phenoxy) is 1. The van der Waals surface area contributed by atoms with Crippen molar-refractivity contribution in [1.29, 1.82) is 0 Å². The lowest BCUT2D eigenvalue weighted by atomic mass is 10.3. The van der Waals surface area contributed by atoms with E-state index in [4.69, 9.17) is 4.52 Å². The monoisotopic (exact) mass is 260 g/mol. The molecule has 0 saturated heterocycles. The molecule has 1 aromatic rings. The number of benzene rings is 1. The Morgan fingerprint density at radius 2 is 2.00 bits per heavy atom. The zero-order valence-electron chi connectivity index (χ0n) is 9.34. The molecule has 0 aromatic heterocycles. The maximum absolute atomic E-state index is 12.6. The quantitative estimate of drug-likeness (QED) is 0.648. The first-order chi connectivity index (χ1) is 8.02. The van der Waals surface area contributed by atoms with Crippen molar-refractivity contribution in [2.75, 3.05) is 7.11 Å². The summed E-state index contributed by atoms with van der Waals surface area (Å²) in [5, 5.41) is 2.41. The Hall–Kier alpha value is -1.52. The minimum atomic E-state index is -2.27. The molecular formula is C10H12FNO4P+. The predicted molar refractivity (Wildman–Crippen MR) is 59.2 cm³/mol. The summed E-state index contributed by atoms with van der Waals surface area (Å²) >= 11 is 0. The smallest absolute Gasteiger partial charge is 0.468 e. The molecule has 0 heterocycles. The first-order valence-corrected chi connectivity index (χ1v) is 5.95. The molecule has 1 unspecified atom stereocenters. The summed E-state index contributed by atoms with van der Waals surface area (Å²) in [6.07, 6.45) is 0. The lowest BCUT2D eigenvalue weighted by Crippen LogP contribution is -2.30. The van der Waals surface area contributed by atoms with Gasteiger partial charge in [-0.2, -0.15) is 0 Å². The van der Waals surface area contributed by atoms with Crippen LogP contribution in [0.5, 0.6) is 5.75 Å². The van der Waals surface area contributed by atoms with E-state index in [9.17, 15) is 13.8 Å². The standard InChI is InChI=1S/C10H12FNO4P/c1-7(10(13)15-2)12-17(14)16-9-5-3-8(11)4-6-9/h3-7H,1-2H3,(H,12,14)/q+1/t7-/m0/s1. The first-order valence-electron chi connectivity index (χ1n) is 4.77. The summed E-state index contributed by atoms with van der Waals surface area (Å²) in [4.78, 5) is 11.0. The van der Waals surface area contributed by atoms with Crippen LogP contribution in [0.2, 0.25) is 0 Å². The van der Waals surface area contributed by atoms with Crippen LogP contribution < -0.4 is 9.61 Å². The topological polar surface area (TPSA) is 64.6 Å². The Morgan fingerprint density at radius 1 is 1.41 bits per heavy atom. The number of methoxy groups -OCH3 is 1. The van der Waals surface area contributed by atoms with Crippen molar-refractivity contribution in [3.63, 3.8) is 0 Å². The van der Waals surface area contributed by atoms with Gasteiger partial charge in [0.25, 0.3) is 0 Å². The van der Waals surface area contributed by atoms with E-state index in [0.717, 1.165) is 0 Å². The number of carbonyl (C=O) groups is 1. The second-order valence-corrected chi connectivity index (χ2v) is 4.13. The average Bonchev–Trinajstić information content (AvgIpc) is 2.30. The molecular weight excluding hydrogens is 248 g/mol. The summed E-state index contributed by atoms with van der Waals surface area (Å²) in [5.41, 5.74) is 0. The number of rotatable bonds is 5. The molecule has 2 atom stereocenters. The minimum absolute atomic E-state index is 0.247. The van der Waals surface area contributed by atoms with E-state index in [0.29, 0.717) is 0 Å². The van der Waals surface area contributed by atoms with Crippen LogP contribution in [0, 0.1) is 5.82 Å². The minimum Gasteiger partial charge on any atom is -0.468 e.